The SMILES string of the molecule is COc1ccc2c(c1)CC(C)NC(C)CC2. The number of benzene rings is 1. The summed E-state index contributed by atoms with van der Waals surface area (Å²) in [5.41, 5.74) is 2.92. The molecule has 1 heterocycles. The van der Waals surface area contributed by atoms with E-state index in [4.69, 9.17) is 4.74 Å². The van der Waals surface area contributed by atoms with E-state index in [1.54, 1.807) is 7.11 Å². The van der Waals surface area contributed by atoms with Crippen LogP contribution in [-0.2, 0) is 12.8 Å². The monoisotopic (exact) mass is 219 g/mol. The molecule has 0 aromatic heterocycles. The molecule has 16 heavy (non-hydrogen) atoms. The highest BCUT2D eigenvalue weighted by Gasteiger charge is 2.15. The Hall–Kier alpha value is -1.02. The van der Waals surface area contributed by atoms with Crippen LogP contribution in [0, 0.1) is 0 Å². The number of hydrogen-bond acceptors (Lipinski definition) is 2. The Balaban J connectivity index is 2.27. The van der Waals surface area contributed by atoms with Gasteiger partial charge in [0.1, 0.15) is 5.75 Å². The van der Waals surface area contributed by atoms with E-state index in [1.807, 2.05) is 0 Å². The van der Waals surface area contributed by atoms with Crippen LogP contribution in [0.4, 0.5) is 0 Å². The first-order valence-corrected chi connectivity index (χ1v) is 6.11. The highest BCUT2D eigenvalue weighted by atomic mass is 16.5. The predicted molar refractivity (Wildman–Crippen MR) is 67.1 cm³/mol. The maximum Gasteiger partial charge on any atom is 0.119 e. The lowest BCUT2D eigenvalue weighted by atomic mass is 9.93. The van der Waals surface area contributed by atoms with Crippen molar-refractivity contribution in [3.05, 3.63) is 29.3 Å². The molecule has 0 fully saturated rings. The van der Waals surface area contributed by atoms with Gasteiger partial charge in [0.15, 0.2) is 0 Å². The van der Waals surface area contributed by atoms with E-state index in [1.165, 1.54) is 24.0 Å². The Morgan fingerprint density at radius 3 is 2.75 bits per heavy atom. The second-order valence-corrected chi connectivity index (χ2v) is 4.85. The molecule has 88 valence electrons. The minimum atomic E-state index is 0.543. The van der Waals surface area contributed by atoms with Gasteiger partial charge in [-0.15, -0.1) is 0 Å². The van der Waals surface area contributed by atoms with E-state index in [0.29, 0.717) is 12.1 Å². The molecule has 0 bridgehead atoms. The summed E-state index contributed by atoms with van der Waals surface area (Å²) < 4.78 is 5.29. The molecule has 2 unspecified atom stereocenters. The van der Waals surface area contributed by atoms with E-state index in [-0.39, 0.29) is 0 Å². The van der Waals surface area contributed by atoms with Crippen LogP contribution < -0.4 is 10.1 Å². The molecule has 1 aliphatic rings. The van der Waals surface area contributed by atoms with E-state index >= 15 is 0 Å². The summed E-state index contributed by atoms with van der Waals surface area (Å²) in [5.74, 6) is 0.972. The highest BCUT2D eigenvalue weighted by molar-refractivity contribution is 5.36. The second kappa shape index (κ2) is 4.88. The number of hydrogen-bond donors (Lipinski definition) is 1. The fraction of sp³-hybridized carbons (Fsp3) is 0.571. The van der Waals surface area contributed by atoms with Gasteiger partial charge in [-0.1, -0.05) is 6.07 Å². The largest absolute Gasteiger partial charge is 0.497 e. The van der Waals surface area contributed by atoms with E-state index < -0.39 is 0 Å². The summed E-state index contributed by atoms with van der Waals surface area (Å²) in [6.45, 7) is 4.52. The van der Waals surface area contributed by atoms with Gasteiger partial charge in [-0.05, 0) is 56.4 Å². The van der Waals surface area contributed by atoms with Gasteiger partial charge < -0.3 is 10.1 Å². The molecule has 0 saturated heterocycles. The van der Waals surface area contributed by atoms with Crippen LogP contribution in [0.3, 0.4) is 0 Å². The summed E-state index contributed by atoms with van der Waals surface area (Å²) in [4.78, 5) is 0. The Labute approximate surface area is 98.0 Å². The van der Waals surface area contributed by atoms with Gasteiger partial charge in [0.05, 0.1) is 7.11 Å². The van der Waals surface area contributed by atoms with E-state index in [0.717, 1.165) is 12.2 Å². The summed E-state index contributed by atoms with van der Waals surface area (Å²) in [6, 6.07) is 7.64. The Bertz CT molecular complexity index is 362. The molecule has 1 N–H and O–H groups in total. The third kappa shape index (κ3) is 2.56. The van der Waals surface area contributed by atoms with Crippen molar-refractivity contribution in [3.8, 4) is 5.75 Å². The fourth-order valence-electron chi connectivity index (χ4n) is 2.49. The van der Waals surface area contributed by atoms with Crippen LogP contribution in [-0.4, -0.2) is 19.2 Å². The van der Waals surface area contributed by atoms with Gasteiger partial charge in [0.25, 0.3) is 0 Å². The van der Waals surface area contributed by atoms with Crippen LogP contribution in [0.25, 0.3) is 0 Å². The minimum absolute atomic E-state index is 0.543. The average Bonchev–Trinajstić information content (AvgIpc) is 2.25. The molecular formula is C14H21NO. The Morgan fingerprint density at radius 1 is 1.19 bits per heavy atom. The van der Waals surface area contributed by atoms with Gasteiger partial charge in [0.2, 0.25) is 0 Å². The number of rotatable bonds is 1. The van der Waals surface area contributed by atoms with Crippen molar-refractivity contribution in [3.63, 3.8) is 0 Å². The van der Waals surface area contributed by atoms with Gasteiger partial charge >= 0.3 is 0 Å². The highest BCUT2D eigenvalue weighted by Crippen LogP contribution is 2.22. The standard InChI is InChI=1S/C14H21NO/c1-10-4-5-12-6-7-14(16-3)9-13(12)8-11(2)15-10/h6-7,9-11,15H,4-5,8H2,1-3H3. The van der Waals surface area contributed by atoms with Crippen LogP contribution in [0.15, 0.2) is 18.2 Å². The van der Waals surface area contributed by atoms with Crippen molar-refractivity contribution in [2.24, 2.45) is 0 Å². The molecule has 0 amide bonds. The summed E-state index contributed by atoms with van der Waals surface area (Å²) in [6.07, 6.45) is 3.47. The molecule has 0 saturated carbocycles. The van der Waals surface area contributed by atoms with Crippen molar-refractivity contribution in [2.45, 2.75) is 45.2 Å². The van der Waals surface area contributed by atoms with Gasteiger partial charge in [0, 0.05) is 12.1 Å². The number of aryl methyl sites for hydroxylation is 1. The summed E-state index contributed by atoms with van der Waals surface area (Å²) in [7, 11) is 1.73. The molecule has 0 radical (unpaired) electrons. The maximum atomic E-state index is 5.29. The van der Waals surface area contributed by atoms with E-state index in [9.17, 15) is 0 Å². The topological polar surface area (TPSA) is 21.3 Å². The lowest BCUT2D eigenvalue weighted by Gasteiger charge is -2.25. The number of nitrogens with one attached hydrogen (secondary N) is 1. The fourth-order valence-corrected chi connectivity index (χ4v) is 2.49. The van der Waals surface area contributed by atoms with Gasteiger partial charge in [-0.2, -0.15) is 0 Å². The first kappa shape index (κ1) is 11.5. The van der Waals surface area contributed by atoms with Crippen molar-refractivity contribution in [1.82, 2.24) is 5.32 Å². The molecule has 1 aromatic carbocycles. The van der Waals surface area contributed by atoms with Crippen molar-refractivity contribution in [2.75, 3.05) is 7.11 Å². The molecule has 2 nitrogen and oxygen atoms in total. The second-order valence-electron chi connectivity index (χ2n) is 4.85. The third-order valence-electron chi connectivity index (χ3n) is 3.36. The normalized spacial score (nSPS) is 25.4. The zero-order valence-corrected chi connectivity index (χ0v) is 10.4. The molecule has 2 rings (SSSR count). The molecule has 1 aliphatic heterocycles. The summed E-state index contributed by atoms with van der Waals surface area (Å²) in [5, 5.41) is 3.62. The molecule has 0 aliphatic carbocycles. The van der Waals surface area contributed by atoms with Crippen LogP contribution in [0.2, 0.25) is 0 Å². The first-order valence-electron chi connectivity index (χ1n) is 6.11. The Kier molecular flexibility index (Phi) is 3.49. The zero-order chi connectivity index (χ0) is 11.5. The third-order valence-corrected chi connectivity index (χ3v) is 3.36. The zero-order valence-electron chi connectivity index (χ0n) is 10.4. The Morgan fingerprint density at radius 2 is 2.00 bits per heavy atom. The minimum Gasteiger partial charge on any atom is -0.497 e. The molecular weight excluding hydrogens is 198 g/mol. The molecule has 0 spiro atoms. The van der Waals surface area contributed by atoms with Gasteiger partial charge in [-0.25, -0.2) is 0 Å². The maximum absolute atomic E-state index is 5.29. The van der Waals surface area contributed by atoms with Gasteiger partial charge in [-0.3, -0.25) is 0 Å². The van der Waals surface area contributed by atoms with E-state index in [2.05, 4.69) is 37.4 Å². The number of methoxy groups -OCH3 is 1. The smallest absolute Gasteiger partial charge is 0.119 e. The first-order chi connectivity index (χ1) is 7.69. The van der Waals surface area contributed by atoms with Crippen molar-refractivity contribution in [1.29, 1.82) is 0 Å². The number of fused-ring (bicyclic) bond motifs is 1. The average molecular weight is 219 g/mol. The molecule has 1 aromatic rings. The van der Waals surface area contributed by atoms with Crippen LogP contribution in [0.1, 0.15) is 31.4 Å². The van der Waals surface area contributed by atoms with Crippen molar-refractivity contribution < 1.29 is 4.74 Å². The predicted octanol–water partition coefficient (Wildman–Crippen LogP) is 2.55. The number of ether oxygens (including phenoxy) is 1. The lowest BCUT2D eigenvalue weighted by Crippen LogP contribution is -2.37. The molecule has 2 atom stereocenters. The van der Waals surface area contributed by atoms with Crippen molar-refractivity contribution >= 4 is 0 Å². The van der Waals surface area contributed by atoms with Crippen LogP contribution >= 0.6 is 0 Å². The van der Waals surface area contributed by atoms with Crippen LogP contribution in [0.5, 0.6) is 5.75 Å². The summed E-state index contributed by atoms with van der Waals surface area (Å²) >= 11 is 0. The molecule has 2 heteroatoms. The lowest BCUT2D eigenvalue weighted by molar-refractivity contribution is 0.409. The quantitative estimate of drug-likeness (QED) is 0.783.